The SMILES string of the molecule is CCCCCCOC(=O)c1cccc(C(=O)Oc2ccccc2C)n1. The summed E-state index contributed by atoms with van der Waals surface area (Å²) < 4.78 is 10.5. The molecule has 25 heavy (non-hydrogen) atoms. The zero-order valence-electron chi connectivity index (χ0n) is 14.7. The molecule has 0 aliphatic rings. The summed E-state index contributed by atoms with van der Waals surface area (Å²) in [6.45, 7) is 4.33. The molecule has 1 aromatic carbocycles. The summed E-state index contributed by atoms with van der Waals surface area (Å²) >= 11 is 0. The number of nitrogens with zero attached hydrogens (tertiary/aromatic N) is 1. The first kappa shape index (κ1) is 18.6. The predicted molar refractivity (Wildman–Crippen MR) is 94.8 cm³/mol. The Morgan fingerprint density at radius 1 is 0.920 bits per heavy atom. The fourth-order valence-corrected chi connectivity index (χ4v) is 2.25. The lowest BCUT2D eigenvalue weighted by molar-refractivity contribution is 0.0490. The molecule has 0 spiro atoms. The molecule has 2 aromatic rings. The Balaban J connectivity index is 1.97. The minimum absolute atomic E-state index is 0.0729. The summed E-state index contributed by atoms with van der Waals surface area (Å²) in [5.74, 6) is -0.660. The van der Waals surface area contributed by atoms with E-state index < -0.39 is 11.9 Å². The molecule has 5 heteroatoms. The summed E-state index contributed by atoms with van der Waals surface area (Å²) in [7, 11) is 0. The molecule has 0 radical (unpaired) electrons. The van der Waals surface area contributed by atoms with Crippen LogP contribution in [-0.4, -0.2) is 23.5 Å². The van der Waals surface area contributed by atoms with Crippen molar-refractivity contribution in [1.82, 2.24) is 4.98 Å². The minimum Gasteiger partial charge on any atom is -0.461 e. The molecule has 0 unspecified atom stereocenters. The third-order valence-electron chi connectivity index (χ3n) is 3.69. The molecule has 0 saturated carbocycles. The summed E-state index contributed by atoms with van der Waals surface area (Å²) in [4.78, 5) is 28.3. The Labute approximate surface area is 148 Å². The summed E-state index contributed by atoms with van der Waals surface area (Å²) in [5, 5.41) is 0. The molecule has 1 aromatic heterocycles. The van der Waals surface area contributed by atoms with Crippen molar-refractivity contribution in [2.24, 2.45) is 0 Å². The molecule has 132 valence electrons. The van der Waals surface area contributed by atoms with Crippen LogP contribution < -0.4 is 4.74 Å². The van der Waals surface area contributed by atoms with Crippen molar-refractivity contribution in [1.29, 1.82) is 0 Å². The van der Waals surface area contributed by atoms with E-state index in [1.54, 1.807) is 18.2 Å². The summed E-state index contributed by atoms with van der Waals surface area (Å²) in [6.07, 6.45) is 4.10. The van der Waals surface area contributed by atoms with Gasteiger partial charge in [-0.25, -0.2) is 14.6 Å². The van der Waals surface area contributed by atoms with Gasteiger partial charge in [0.05, 0.1) is 6.61 Å². The van der Waals surface area contributed by atoms with Crippen LogP contribution in [0.1, 0.15) is 59.1 Å². The molecule has 0 atom stereocenters. The maximum atomic E-state index is 12.2. The van der Waals surface area contributed by atoms with E-state index in [2.05, 4.69) is 11.9 Å². The van der Waals surface area contributed by atoms with Crippen LogP contribution in [0.2, 0.25) is 0 Å². The molecule has 0 amide bonds. The largest absolute Gasteiger partial charge is 0.461 e. The van der Waals surface area contributed by atoms with Gasteiger partial charge >= 0.3 is 11.9 Å². The molecule has 0 aliphatic carbocycles. The summed E-state index contributed by atoms with van der Waals surface area (Å²) in [5.41, 5.74) is 1.02. The number of pyridine rings is 1. The van der Waals surface area contributed by atoms with Crippen molar-refractivity contribution in [3.05, 3.63) is 59.4 Å². The highest BCUT2D eigenvalue weighted by molar-refractivity contribution is 5.92. The van der Waals surface area contributed by atoms with Crippen LogP contribution in [0.3, 0.4) is 0 Å². The van der Waals surface area contributed by atoms with Crippen molar-refractivity contribution >= 4 is 11.9 Å². The third kappa shape index (κ3) is 5.71. The Kier molecular flexibility index (Phi) is 7.14. The van der Waals surface area contributed by atoms with Gasteiger partial charge in [0, 0.05) is 0 Å². The van der Waals surface area contributed by atoms with Gasteiger partial charge in [-0.3, -0.25) is 0 Å². The van der Waals surface area contributed by atoms with E-state index in [-0.39, 0.29) is 11.4 Å². The van der Waals surface area contributed by atoms with Crippen LogP contribution in [0.25, 0.3) is 0 Å². The van der Waals surface area contributed by atoms with E-state index in [0.717, 1.165) is 31.2 Å². The first-order valence-electron chi connectivity index (χ1n) is 8.53. The maximum absolute atomic E-state index is 12.2. The first-order chi connectivity index (χ1) is 12.1. The average molecular weight is 341 g/mol. The van der Waals surface area contributed by atoms with Gasteiger partial charge in [-0.1, -0.05) is 50.5 Å². The van der Waals surface area contributed by atoms with E-state index in [0.29, 0.717) is 12.4 Å². The Bertz CT molecular complexity index is 727. The van der Waals surface area contributed by atoms with E-state index in [9.17, 15) is 9.59 Å². The predicted octanol–water partition coefficient (Wildman–Crippen LogP) is 4.35. The number of aryl methyl sites for hydroxylation is 1. The maximum Gasteiger partial charge on any atom is 0.362 e. The van der Waals surface area contributed by atoms with E-state index in [1.807, 2.05) is 19.1 Å². The van der Waals surface area contributed by atoms with Crippen LogP contribution in [0.15, 0.2) is 42.5 Å². The number of hydrogen-bond donors (Lipinski definition) is 0. The van der Waals surface area contributed by atoms with Crippen molar-refractivity contribution in [2.75, 3.05) is 6.61 Å². The first-order valence-corrected chi connectivity index (χ1v) is 8.53. The minimum atomic E-state index is -0.605. The van der Waals surface area contributed by atoms with E-state index >= 15 is 0 Å². The average Bonchev–Trinajstić information content (AvgIpc) is 2.63. The van der Waals surface area contributed by atoms with Crippen LogP contribution in [0, 0.1) is 6.92 Å². The molecule has 0 aliphatic heterocycles. The number of carbonyl (C=O) groups is 2. The second-order valence-electron chi connectivity index (χ2n) is 5.76. The molecule has 0 fully saturated rings. The molecule has 0 bridgehead atoms. The molecular formula is C20H23NO4. The van der Waals surface area contributed by atoms with Gasteiger partial charge in [0.25, 0.3) is 0 Å². The lowest BCUT2D eigenvalue weighted by Gasteiger charge is -2.08. The normalized spacial score (nSPS) is 10.3. The molecule has 5 nitrogen and oxygen atoms in total. The van der Waals surface area contributed by atoms with Gasteiger partial charge in [-0.15, -0.1) is 0 Å². The zero-order valence-corrected chi connectivity index (χ0v) is 14.7. The quantitative estimate of drug-likeness (QED) is 0.406. The number of carbonyl (C=O) groups excluding carboxylic acids is 2. The monoisotopic (exact) mass is 341 g/mol. The highest BCUT2D eigenvalue weighted by Gasteiger charge is 2.15. The van der Waals surface area contributed by atoms with Gasteiger partial charge in [0.15, 0.2) is 0 Å². The standard InChI is InChI=1S/C20H23NO4/c1-3-4-5-8-14-24-19(22)16-11-9-12-17(21-16)20(23)25-18-13-7-6-10-15(18)2/h6-7,9-13H,3-5,8,14H2,1-2H3. The molecular weight excluding hydrogens is 318 g/mol. The second kappa shape index (κ2) is 9.57. The topological polar surface area (TPSA) is 65.5 Å². The lowest BCUT2D eigenvalue weighted by atomic mass is 10.2. The van der Waals surface area contributed by atoms with Crippen LogP contribution in [-0.2, 0) is 4.74 Å². The Hall–Kier alpha value is -2.69. The zero-order chi connectivity index (χ0) is 18.1. The number of benzene rings is 1. The number of ether oxygens (including phenoxy) is 2. The van der Waals surface area contributed by atoms with Gasteiger partial charge in [-0.05, 0) is 37.1 Å². The number of aromatic nitrogens is 1. The van der Waals surface area contributed by atoms with Crippen molar-refractivity contribution in [3.8, 4) is 5.75 Å². The van der Waals surface area contributed by atoms with Gasteiger partial charge in [-0.2, -0.15) is 0 Å². The Morgan fingerprint density at radius 2 is 1.64 bits per heavy atom. The van der Waals surface area contributed by atoms with Crippen LogP contribution in [0.4, 0.5) is 0 Å². The summed E-state index contributed by atoms with van der Waals surface area (Å²) in [6, 6.07) is 11.8. The number of unbranched alkanes of at least 4 members (excludes halogenated alkanes) is 3. The van der Waals surface area contributed by atoms with Crippen molar-refractivity contribution in [3.63, 3.8) is 0 Å². The fourth-order valence-electron chi connectivity index (χ4n) is 2.25. The Morgan fingerprint density at radius 3 is 2.36 bits per heavy atom. The van der Waals surface area contributed by atoms with E-state index in [4.69, 9.17) is 9.47 Å². The van der Waals surface area contributed by atoms with Crippen molar-refractivity contribution in [2.45, 2.75) is 39.5 Å². The van der Waals surface area contributed by atoms with Crippen LogP contribution >= 0.6 is 0 Å². The number of para-hydroxylation sites is 1. The fraction of sp³-hybridized carbons (Fsp3) is 0.350. The number of hydrogen-bond acceptors (Lipinski definition) is 5. The molecule has 2 rings (SSSR count). The number of rotatable bonds is 8. The lowest BCUT2D eigenvalue weighted by Crippen LogP contribution is -2.15. The third-order valence-corrected chi connectivity index (χ3v) is 3.69. The molecule has 0 saturated heterocycles. The van der Waals surface area contributed by atoms with Crippen molar-refractivity contribution < 1.29 is 19.1 Å². The molecule has 1 heterocycles. The number of esters is 2. The second-order valence-corrected chi connectivity index (χ2v) is 5.76. The van der Waals surface area contributed by atoms with Gasteiger partial charge < -0.3 is 9.47 Å². The van der Waals surface area contributed by atoms with Gasteiger partial charge in [0.1, 0.15) is 17.1 Å². The van der Waals surface area contributed by atoms with Crippen LogP contribution in [0.5, 0.6) is 5.75 Å². The highest BCUT2D eigenvalue weighted by Crippen LogP contribution is 2.17. The van der Waals surface area contributed by atoms with Gasteiger partial charge in [0.2, 0.25) is 0 Å². The van der Waals surface area contributed by atoms with E-state index in [1.165, 1.54) is 12.1 Å². The smallest absolute Gasteiger partial charge is 0.362 e. The molecule has 0 N–H and O–H groups in total. The highest BCUT2D eigenvalue weighted by atomic mass is 16.5.